The Hall–Kier alpha value is -5.29. The maximum Gasteiger partial charge on any atom is 0.160 e. The van der Waals surface area contributed by atoms with Crippen LogP contribution in [-0.2, 0) is 0 Å². The first-order valence-electron chi connectivity index (χ1n) is 13.3. The van der Waals surface area contributed by atoms with Crippen molar-refractivity contribution in [3.05, 3.63) is 127 Å². The summed E-state index contributed by atoms with van der Waals surface area (Å²) in [5.74, 6) is 0.654. The summed E-state index contributed by atoms with van der Waals surface area (Å²) in [6.07, 6.45) is 1.79. The van der Waals surface area contributed by atoms with Gasteiger partial charge in [-0.15, -0.1) is 0 Å². The standard InChI is InChI=1S/C35H25N5/c1-22-14-15-25-16-17-28-29(19-23(2)38-34(28)33(25)37-22)26-11-8-12-27(20-26)35-39-31(24-9-4-3-5-10-24)21-32(40-35)30-13-6-7-18-36-30/h3-21H,1-2H3. The van der Waals surface area contributed by atoms with Gasteiger partial charge in [0.05, 0.1) is 28.1 Å². The van der Waals surface area contributed by atoms with Crippen LogP contribution in [0.3, 0.4) is 0 Å². The number of rotatable bonds is 4. The lowest BCUT2D eigenvalue weighted by Gasteiger charge is -2.12. The number of aromatic nitrogens is 5. The summed E-state index contributed by atoms with van der Waals surface area (Å²) in [7, 11) is 0. The molecule has 0 spiro atoms. The molecule has 5 nitrogen and oxygen atoms in total. The first kappa shape index (κ1) is 23.8. The summed E-state index contributed by atoms with van der Waals surface area (Å²) in [6.45, 7) is 4.05. The third-order valence-electron chi connectivity index (χ3n) is 7.06. The van der Waals surface area contributed by atoms with Crippen LogP contribution in [0.4, 0.5) is 0 Å². The molecule has 0 N–H and O–H groups in total. The average molecular weight is 516 g/mol. The highest BCUT2D eigenvalue weighted by Crippen LogP contribution is 2.34. The molecule has 0 aliphatic heterocycles. The lowest BCUT2D eigenvalue weighted by molar-refractivity contribution is 1.16. The Balaban J connectivity index is 1.41. The smallest absolute Gasteiger partial charge is 0.160 e. The van der Waals surface area contributed by atoms with E-state index in [1.54, 1.807) is 6.20 Å². The van der Waals surface area contributed by atoms with E-state index >= 15 is 0 Å². The minimum Gasteiger partial charge on any atom is -0.255 e. The minimum atomic E-state index is 0.654. The largest absolute Gasteiger partial charge is 0.255 e. The molecule has 4 heterocycles. The quantitative estimate of drug-likeness (QED) is 0.221. The fourth-order valence-corrected chi connectivity index (χ4v) is 5.14. The Kier molecular flexibility index (Phi) is 5.82. The van der Waals surface area contributed by atoms with Crippen LogP contribution < -0.4 is 0 Å². The minimum absolute atomic E-state index is 0.654. The van der Waals surface area contributed by atoms with E-state index in [0.29, 0.717) is 5.82 Å². The van der Waals surface area contributed by atoms with Gasteiger partial charge in [0.2, 0.25) is 0 Å². The van der Waals surface area contributed by atoms with Crippen molar-refractivity contribution in [1.29, 1.82) is 0 Å². The Morgan fingerprint density at radius 2 is 1.23 bits per heavy atom. The van der Waals surface area contributed by atoms with Crippen LogP contribution in [0.15, 0.2) is 115 Å². The highest BCUT2D eigenvalue weighted by Gasteiger charge is 2.14. The molecular weight excluding hydrogens is 490 g/mol. The number of benzene rings is 3. The van der Waals surface area contributed by atoms with Gasteiger partial charge in [-0.05, 0) is 61.4 Å². The van der Waals surface area contributed by atoms with Gasteiger partial charge >= 0.3 is 0 Å². The highest BCUT2D eigenvalue weighted by atomic mass is 14.9. The molecule has 0 aliphatic rings. The molecule has 7 aromatic rings. The summed E-state index contributed by atoms with van der Waals surface area (Å²) in [6, 6.07) is 37.0. The van der Waals surface area contributed by atoms with Gasteiger partial charge in [0.1, 0.15) is 0 Å². The molecule has 0 bridgehead atoms. The fourth-order valence-electron chi connectivity index (χ4n) is 5.14. The van der Waals surface area contributed by atoms with Gasteiger partial charge in [-0.3, -0.25) is 15.0 Å². The van der Waals surface area contributed by atoms with Crippen LogP contribution in [0.5, 0.6) is 0 Å². The Bertz CT molecular complexity index is 1960. The molecule has 190 valence electrons. The molecular formula is C35H25N5. The summed E-state index contributed by atoms with van der Waals surface area (Å²) in [4.78, 5) is 24.3. The summed E-state index contributed by atoms with van der Waals surface area (Å²) in [5.41, 5.74) is 10.4. The summed E-state index contributed by atoms with van der Waals surface area (Å²) >= 11 is 0. The summed E-state index contributed by atoms with van der Waals surface area (Å²) < 4.78 is 0. The van der Waals surface area contributed by atoms with Gasteiger partial charge in [0.25, 0.3) is 0 Å². The lowest BCUT2D eigenvalue weighted by Crippen LogP contribution is -1.97. The van der Waals surface area contributed by atoms with Crippen molar-refractivity contribution in [2.75, 3.05) is 0 Å². The second kappa shape index (κ2) is 9.79. The van der Waals surface area contributed by atoms with Gasteiger partial charge in [-0.2, -0.15) is 0 Å². The molecule has 0 radical (unpaired) electrons. The van der Waals surface area contributed by atoms with Gasteiger partial charge in [0.15, 0.2) is 5.82 Å². The molecule has 0 fully saturated rings. The second-order valence-corrected chi connectivity index (χ2v) is 9.92. The topological polar surface area (TPSA) is 64.5 Å². The zero-order chi connectivity index (χ0) is 27.1. The Labute approximate surface area is 232 Å². The van der Waals surface area contributed by atoms with Crippen molar-refractivity contribution in [2.24, 2.45) is 0 Å². The number of hydrogen-bond donors (Lipinski definition) is 0. The first-order valence-corrected chi connectivity index (χ1v) is 13.3. The molecule has 0 unspecified atom stereocenters. The molecule has 4 aromatic heterocycles. The zero-order valence-electron chi connectivity index (χ0n) is 22.2. The van der Waals surface area contributed by atoms with E-state index in [0.717, 1.165) is 72.5 Å². The molecule has 3 aromatic carbocycles. The van der Waals surface area contributed by atoms with Crippen LogP contribution in [0, 0.1) is 13.8 Å². The Morgan fingerprint density at radius 3 is 2.08 bits per heavy atom. The van der Waals surface area contributed by atoms with E-state index in [2.05, 4.69) is 65.6 Å². The molecule has 0 atom stereocenters. The van der Waals surface area contributed by atoms with E-state index in [4.69, 9.17) is 19.9 Å². The van der Waals surface area contributed by atoms with Crippen molar-refractivity contribution in [3.8, 4) is 45.2 Å². The molecule has 0 saturated carbocycles. The first-order chi connectivity index (χ1) is 19.6. The monoisotopic (exact) mass is 515 g/mol. The number of nitrogens with zero attached hydrogens (tertiary/aromatic N) is 5. The molecule has 5 heteroatoms. The van der Waals surface area contributed by atoms with E-state index < -0.39 is 0 Å². The average Bonchev–Trinajstić information content (AvgIpc) is 3.01. The van der Waals surface area contributed by atoms with Crippen LogP contribution in [0.25, 0.3) is 67.0 Å². The lowest BCUT2D eigenvalue weighted by atomic mass is 9.97. The van der Waals surface area contributed by atoms with E-state index in [1.807, 2.05) is 62.4 Å². The maximum absolute atomic E-state index is 5.00. The zero-order valence-corrected chi connectivity index (χ0v) is 22.2. The summed E-state index contributed by atoms with van der Waals surface area (Å²) in [5, 5.41) is 2.16. The van der Waals surface area contributed by atoms with Gasteiger partial charge < -0.3 is 0 Å². The fraction of sp³-hybridized carbons (Fsp3) is 0.0571. The SMILES string of the molecule is Cc1ccc2ccc3c(-c4cccc(-c5nc(-c6ccccc6)cc(-c6ccccn6)n5)c4)cc(C)nc3c2n1. The van der Waals surface area contributed by atoms with Crippen molar-refractivity contribution >= 4 is 21.8 Å². The van der Waals surface area contributed by atoms with Crippen molar-refractivity contribution in [3.63, 3.8) is 0 Å². The van der Waals surface area contributed by atoms with E-state index in [9.17, 15) is 0 Å². The van der Waals surface area contributed by atoms with Gasteiger partial charge in [0, 0.05) is 39.5 Å². The van der Waals surface area contributed by atoms with E-state index in [-0.39, 0.29) is 0 Å². The third kappa shape index (κ3) is 4.37. The van der Waals surface area contributed by atoms with Crippen LogP contribution >= 0.6 is 0 Å². The van der Waals surface area contributed by atoms with E-state index in [1.165, 1.54) is 0 Å². The molecule has 0 saturated heterocycles. The maximum atomic E-state index is 5.00. The number of pyridine rings is 3. The normalized spacial score (nSPS) is 11.2. The number of fused-ring (bicyclic) bond motifs is 3. The van der Waals surface area contributed by atoms with Gasteiger partial charge in [-0.25, -0.2) is 9.97 Å². The van der Waals surface area contributed by atoms with Gasteiger partial charge in [-0.1, -0.05) is 72.8 Å². The predicted molar refractivity (Wildman–Crippen MR) is 162 cm³/mol. The van der Waals surface area contributed by atoms with Crippen molar-refractivity contribution < 1.29 is 0 Å². The predicted octanol–water partition coefficient (Wildman–Crippen LogP) is 8.25. The molecule has 40 heavy (non-hydrogen) atoms. The molecule has 0 amide bonds. The highest BCUT2D eigenvalue weighted by molar-refractivity contribution is 6.08. The number of aryl methyl sites for hydroxylation is 2. The van der Waals surface area contributed by atoms with Crippen LogP contribution in [0.2, 0.25) is 0 Å². The third-order valence-corrected chi connectivity index (χ3v) is 7.06. The number of hydrogen-bond acceptors (Lipinski definition) is 5. The second-order valence-electron chi connectivity index (χ2n) is 9.92. The van der Waals surface area contributed by atoms with Crippen molar-refractivity contribution in [1.82, 2.24) is 24.9 Å². The van der Waals surface area contributed by atoms with Crippen LogP contribution in [0.1, 0.15) is 11.4 Å². The Morgan fingerprint density at radius 1 is 0.475 bits per heavy atom. The molecule has 0 aliphatic carbocycles. The molecule has 7 rings (SSSR count). The van der Waals surface area contributed by atoms with Crippen molar-refractivity contribution in [2.45, 2.75) is 13.8 Å². The van der Waals surface area contributed by atoms with Crippen LogP contribution in [-0.4, -0.2) is 24.9 Å².